The molecule has 0 aromatic carbocycles. The van der Waals surface area contributed by atoms with E-state index in [2.05, 4.69) is 22.9 Å². The molecule has 8 nitrogen and oxygen atoms in total. The maximum absolute atomic E-state index is 12.9. The first-order valence-corrected chi connectivity index (χ1v) is 12.2. The van der Waals surface area contributed by atoms with Crippen LogP contribution in [0.25, 0.3) is 0 Å². The summed E-state index contributed by atoms with van der Waals surface area (Å²) < 4.78 is 11.2. The molecule has 2 amide bonds. The lowest BCUT2D eigenvalue weighted by Crippen LogP contribution is -2.52. The van der Waals surface area contributed by atoms with Crippen LogP contribution in [0.3, 0.4) is 0 Å². The van der Waals surface area contributed by atoms with Gasteiger partial charge >= 0.3 is 12.2 Å². The van der Waals surface area contributed by atoms with Crippen LogP contribution in [0.2, 0.25) is 0 Å². The summed E-state index contributed by atoms with van der Waals surface area (Å²) in [7, 11) is 0. The molecule has 8 heteroatoms. The average Bonchev–Trinajstić information content (AvgIpc) is 2.81. The van der Waals surface area contributed by atoms with Gasteiger partial charge < -0.3 is 19.3 Å². The number of likely N-dealkylation sites (tertiary alicyclic amines) is 2. The molecule has 0 bridgehead atoms. The molecule has 32 heavy (non-hydrogen) atoms. The van der Waals surface area contributed by atoms with Crippen molar-refractivity contribution in [1.82, 2.24) is 14.8 Å². The fourth-order valence-electron chi connectivity index (χ4n) is 5.19. The molecule has 3 aliphatic heterocycles. The van der Waals surface area contributed by atoms with Gasteiger partial charge in [-0.05, 0) is 44.2 Å². The summed E-state index contributed by atoms with van der Waals surface area (Å²) in [6.07, 6.45) is 6.87. The van der Waals surface area contributed by atoms with E-state index in [4.69, 9.17) is 9.47 Å². The number of ether oxygens (including phenoxy) is 2. The van der Waals surface area contributed by atoms with E-state index < -0.39 is 5.60 Å². The minimum Gasteiger partial charge on any atom is -0.450 e. The lowest BCUT2D eigenvalue weighted by atomic mass is 9.82. The molecule has 2 fully saturated rings. The summed E-state index contributed by atoms with van der Waals surface area (Å²) in [5.41, 5.74) is 0.491. The molecular formula is C24H36N4O4. The Bertz CT molecular complexity index is 801. The van der Waals surface area contributed by atoms with Gasteiger partial charge in [-0.3, -0.25) is 4.90 Å². The number of pyridine rings is 1. The smallest absolute Gasteiger partial charge is 0.416 e. The molecule has 1 aromatic rings. The Labute approximate surface area is 190 Å². The summed E-state index contributed by atoms with van der Waals surface area (Å²) in [4.78, 5) is 35.4. The molecule has 176 valence electrons. The van der Waals surface area contributed by atoms with Gasteiger partial charge in [0.15, 0.2) is 0 Å². The van der Waals surface area contributed by atoms with Crippen molar-refractivity contribution >= 4 is 18.0 Å². The molecule has 0 radical (unpaired) electrons. The average molecular weight is 445 g/mol. The van der Waals surface area contributed by atoms with Crippen LogP contribution in [0.15, 0.2) is 18.3 Å². The van der Waals surface area contributed by atoms with Crippen LogP contribution in [0.4, 0.5) is 15.4 Å². The number of piperidine rings is 2. The van der Waals surface area contributed by atoms with Crippen LogP contribution < -0.4 is 4.90 Å². The van der Waals surface area contributed by atoms with E-state index in [-0.39, 0.29) is 12.2 Å². The summed E-state index contributed by atoms with van der Waals surface area (Å²) in [6, 6.07) is 4.02. The topological polar surface area (TPSA) is 75.2 Å². The van der Waals surface area contributed by atoms with Gasteiger partial charge in [0.2, 0.25) is 0 Å². The molecule has 0 atom stereocenters. The lowest BCUT2D eigenvalue weighted by molar-refractivity contribution is -0.0459. The number of fused-ring (bicyclic) bond motifs is 2. The van der Waals surface area contributed by atoms with E-state index >= 15 is 0 Å². The van der Waals surface area contributed by atoms with Crippen molar-refractivity contribution < 1.29 is 19.1 Å². The zero-order chi connectivity index (χ0) is 22.6. The monoisotopic (exact) mass is 444 g/mol. The van der Waals surface area contributed by atoms with Crippen molar-refractivity contribution in [2.45, 2.75) is 58.0 Å². The molecular weight excluding hydrogens is 408 g/mol. The van der Waals surface area contributed by atoms with Crippen molar-refractivity contribution in [3.63, 3.8) is 0 Å². The third kappa shape index (κ3) is 4.70. The van der Waals surface area contributed by atoms with Crippen LogP contribution in [-0.4, -0.2) is 72.8 Å². The number of hydrogen-bond donors (Lipinski definition) is 0. The second kappa shape index (κ2) is 10.1. The molecule has 1 aromatic heterocycles. The first-order chi connectivity index (χ1) is 15.6. The minimum atomic E-state index is -0.562. The van der Waals surface area contributed by atoms with Gasteiger partial charge in [0.25, 0.3) is 0 Å². The Morgan fingerprint density at radius 1 is 1.22 bits per heavy atom. The zero-order valence-electron chi connectivity index (χ0n) is 19.4. The Hall–Kier alpha value is -2.35. The summed E-state index contributed by atoms with van der Waals surface area (Å²) >= 11 is 0. The SMILES string of the molecule is CCCCN1C(=O)OC2(CCN(CC3CCN(C(=O)OCC)CC3)CC2)c2cccnc21. The van der Waals surface area contributed by atoms with E-state index in [1.807, 2.05) is 17.9 Å². The van der Waals surface area contributed by atoms with Gasteiger partial charge in [-0.2, -0.15) is 0 Å². The van der Waals surface area contributed by atoms with E-state index in [1.165, 1.54) is 0 Å². The summed E-state index contributed by atoms with van der Waals surface area (Å²) in [5.74, 6) is 1.36. The number of carbonyl (C=O) groups is 2. The molecule has 4 heterocycles. The highest BCUT2D eigenvalue weighted by Gasteiger charge is 2.47. The van der Waals surface area contributed by atoms with Crippen molar-refractivity contribution in [1.29, 1.82) is 0 Å². The minimum absolute atomic E-state index is 0.190. The van der Waals surface area contributed by atoms with Crippen LogP contribution in [0.1, 0.15) is 57.9 Å². The van der Waals surface area contributed by atoms with E-state index in [0.717, 1.165) is 82.6 Å². The van der Waals surface area contributed by atoms with E-state index in [1.54, 1.807) is 11.1 Å². The zero-order valence-corrected chi connectivity index (χ0v) is 19.4. The lowest BCUT2D eigenvalue weighted by Gasteiger charge is -2.46. The van der Waals surface area contributed by atoms with Crippen molar-refractivity contribution in [2.75, 3.05) is 50.8 Å². The number of aromatic nitrogens is 1. The predicted molar refractivity (Wildman–Crippen MR) is 122 cm³/mol. The highest BCUT2D eigenvalue weighted by Crippen LogP contribution is 2.44. The number of unbranched alkanes of at least 4 members (excludes halogenated alkanes) is 1. The first-order valence-electron chi connectivity index (χ1n) is 12.2. The number of carbonyl (C=O) groups excluding carboxylic acids is 2. The molecule has 1 spiro atoms. The highest BCUT2D eigenvalue weighted by molar-refractivity contribution is 5.90. The predicted octanol–water partition coefficient (Wildman–Crippen LogP) is 4.00. The molecule has 0 aliphatic carbocycles. The molecule has 0 saturated carbocycles. The van der Waals surface area contributed by atoms with Gasteiger partial charge in [0.1, 0.15) is 11.4 Å². The fraction of sp³-hybridized carbons (Fsp3) is 0.708. The number of nitrogens with zero attached hydrogens (tertiary/aromatic N) is 4. The highest BCUT2D eigenvalue weighted by atomic mass is 16.6. The van der Waals surface area contributed by atoms with Gasteiger partial charge in [0, 0.05) is 63.9 Å². The normalized spacial score (nSPS) is 21.4. The second-order valence-corrected chi connectivity index (χ2v) is 9.17. The van der Waals surface area contributed by atoms with Crippen molar-refractivity contribution in [3.8, 4) is 0 Å². The van der Waals surface area contributed by atoms with Gasteiger partial charge in [-0.15, -0.1) is 0 Å². The second-order valence-electron chi connectivity index (χ2n) is 9.17. The van der Waals surface area contributed by atoms with Crippen LogP contribution >= 0.6 is 0 Å². The van der Waals surface area contributed by atoms with E-state index in [9.17, 15) is 9.59 Å². The maximum Gasteiger partial charge on any atom is 0.416 e. The Morgan fingerprint density at radius 3 is 2.66 bits per heavy atom. The van der Waals surface area contributed by atoms with Crippen LogP contribution in [-0.2, 0) is 15.1 Å². The molecule has 0 N–H and O–H groups in total. The number of hydrogen-bond acceptors (Lipinski definition) is 6. The Balaban J connectivity index is 1.35. The third-order valence-corrected chi connectivity index (χ3v) is 7.09. The van der Waals surface area contributed by atoms with Gasteiger partial charge in [0.05, 0.1) is 6.61 Å². The molecule has 0 unspecified atom stereocenters. The number of rotatable bonds is 6. The molecule has 3 aliphatic rings. The summed E-state index contributed by atoms with van der Waals surface area (Å²) in [6.45, 7) is 9.39. The van der Waals surface area contributed by atoms with Gasteiger partial charge in [-0.1, -0.05) is 13.3 Å². The Kier molecular flexibility index (Phi) is 7.18. The van der Waals surface area contributed by atoms with Crippen molar-refractivity contribution in [3.05, 3.63) is 23.9 Å². The maximum atomic E-state index is 12.9. The quantitative estimate of drug-likeness (QED) is 0.660. The van der Waals surface area contributed by atoms with Crippen molar-refractivity contribution in [2.24, 2.45) is 5.92 Å². The van der Waals surface area contributed by atoms with Crippen LogP contribution in [0, 0.1) is 5.92 Å². The Morgan fingerprint density at radius 2 is 1.97 bits per heavy atom. The molecule has 2 saturated heterocycles. The fourth-order valence-corrected chi connectivity index (χ4v) is 5.19. The largest absolute Gasteiger partial charge is 0.450 e. The van der Waals surface area contributed by atoms with E-state index in [0.29, 0.717) is 19.1 Å². The molecule has 4 rings (SSSR count). The van der Waals surface area contributed by atoms with Crippen LogP contribution in [0.5, 0.6) is 0 Å². The van der Waals surface area contributed by atoms with Gasteiger partial charge in [-0.25, -0.2) is 14.6 Å². The number of amides is 2. The first kappa shape index (κ1) is 22.8. The number of anilines is 1. The summed E-state index contributed by atoms with van der Waals surface area (Å²) in [5, 5.41) is 0. The third-order valence-electron chi connectivity index (χ3n) is 7.09. The standard InChI is InChI=1S/C24H36N4O4/c1-3-5-13-28-21-20(7-6-12-25-21)24(32-23(28)30)10-16-26(17-11-24)18-19-8-14-27(15-9-19)22(29)31-4-2/h6-7,12,19H,3-5,8-11,13-18H2,1-2H3.